The van der Waals surface area contributed by atoms with Gasteiger partial charge in [-0.25, -0.2) is 9.18 Å². The number of nitrogens with zero attached hydrogens (tertiary/aromatic N) is 3. The van der Waals surface area contributed by atoms with Crippen LogP contribution in [-0.4, -0.2) is 41.6 Å². The SMILES string of the molecule is C=C(O)C1=C2SC(C)N2c2cc(N3CCN(Cc4oc(=O)oc4C)CC3)c(F)cc2C1=C. The molecule has 7 nitrogen and oxygen atoms in total. The monoisotopic (exact) mass is 457 g/mol. The molecule has 0 aliphatic carbocycles. The van der Waals surface area contributed by atoms with Crippen molar-refractivity contribution in [2.24, 2.45) is 0 Å². The number of benzene rings is 1. The van der Waals surface area contributed by atoms with Crippen molar-refractivity contribution in [2.45, 2.75) is 25.8 Å². The van der Waals surface area contributed by atoms with Crippen LogP contribution in [0.25, 0.3) is 5.57 Å². The molecule has 5 rings (SSSR count). The fourth-order valence-corrected chi connectivity index (χ4v) is 5.75. The van der Waals surface area contributed by atoms with E-state index in [1.54, 1.807) is 18.7 Å². The molecule has 32 heavy (non-hydrogen) atoms. The van der Waals surface area contributed by atoms with Crippen LogP contribution in [0.1, 0.15) is 24.0 Å². The Labute approximate surface area is 189 Å². The Hall–Kier alpha value is -2.91. The van der Waals surface area contributed by atoms with E-state index in [0.717, 1.165) is 10.7 Å². The smallest absolute Gasteiger partial charge is 0.508 e. The molecule has 1 aromatic heterocycles. The summed E-state index contributed by atoms with van der Waals surface area (Å²) in [7, 11) is 0. The van der Waals surface area contributed by atoms with E-state index in [1.807, 2.05) is 11.0 Å². The maximum absolute atomic E-state index is 15.2. The molecule has 1 unspecified atom stereocenters. The van der Waals surface area contributed by atoms with Gasteiger partial charge in [-0.05, 0) is 31.6 Å². The number of fused-ring (bicyclic) bond motifs is 3. The van der Waals surface area contributed by atoms with Crippen molar-refractivity contribution >= 4 is 28.7 Å². The van der Waals surface area contributed by atoms with Crippen LogP contribution >= 0.6 is 11.8 Å². The Morgan fingerprint density at radius 2 is 1.97 bits per heavy atom. The number of aliphatic hydroxyl groups is 1. The first-order valence-corrected chi connectivity index (χ1v) is 11.3. The summed E-state index contributed by atoms with van der Waals surface area (Å²) in [5.41, 5.74) is 3.30. The van der Waals surface area contributed by atoms with E-state index in [4.69, 9.17) is 8.83 Å². The van der Waals surface area contributed by atoms with Gasteiger partial charge in [0.2, 0.25) is 0 Å². The van der Waals surface area contributed by atoms with E-state index in [1.165, 1.54) is 6.07 Å². The van der Waals surface area contributed by atoms with Gasteiger partial charge in [0.05, 0.1) is 33.9 Å². The minimum atomic E-state index is -0.686. The molecule has 0 spiro atoms. The number of hydrogen-bond acceptors (Lipinski definition) is 8. The van der Waals surface area contributed by atoms with E-state index >= 15 is 4.39 Å². The molecule has 2 aromatic rings. The van der Waals surface area contributed by atoms with Gasteiger partial charge in [0.15, 0.2) is 5.76 Å². The van der Waals surface area contributed by atoms with Crippen molar-refractivity contribution < 1.29 is 18.3 Å². The zero-order valence-corrected chi connectivity index (χ0v) is 18.8. The van der Waals surface area contributed by atoms with E-state index in [0.29, 0.717) is 66.6 Å². The number of thioether (sulfide) groups is 1. The van der Waals surface area contributed by atoms with Crippen molar-refractivity contribution in [1.82, 2.24) is 4.90 Å². The summed E-state index contributed by atoms with van der Waals surface area (Å²) in [6.07, 6.45) is 0. The van der Waals surface area contributed by atoms with Gasteiger partial charge in [-0.1, -0.05) is 24.9 Å². The van der Waals surface area contributed by atoms with Crippen LogP contribution in [0.5, 0.6) is 0 Å². The number of piperazine rings is 1. The second kappa shape index (κ2) is 7.60. The van der Waals surface area contributed by atoms with Gasteiger partial charge in [0.1, 0.15) is 17.3 Å². The van der Waals surface area contributed by atoms with Crippen LogP contribution in [0.15, 0.2) is 55.3 Å². The summed E-state index contributed by atoms with van der Waals surface area (Å²) in [6, 6.07) is 3.40. The van der Waals surface area contributed by atoms with E-state index in [9.17, 15) is 9.90 Å². The summed E-state index contributed by atoms with van der Waals surface area (Å²) in [4.78, 5) is 17.6. The van der Waals surface area contributed by atoms with Crippen molar-refractivity contribution in [1.29, 1.82) is 0 Å². The maximum Gasteiger partial charge on any atom is 0.519 e. The van der Waals surface area contributed by atoms with Gasteiger partial charge in [-0.3, -0.25) is 4.90 Å². The summed E-state index contributed by atoms with van der Waals surface area (Å²) in [6.45, 7) is 14.7. The third-order valence-corrected chi connectivity index (χ3v) is 7.41. The second-order valence-electron chi connectivity index (χ2n) is 8.21. The summed E-state index contributed by atoms with van der Waals surface area (Å²) in [5, 5.41) is 11.1. The summed E-state index contributed by atoms with van der Waals surface area (Å²) >= 11 is 1.64. The van der Waals surface area contributed by atoms with Crippen LogP contribution in [-0.2, 0) is 6.54 Å². The van der Waals surface area contributed by atoms with Crippen molar-refractivity contribution in [3.05, 3.63) is 75.2 Å². The fraction of sp³-hybridized carbons (Fsp3) is 0.348. The quantitative estimate of drug-likeness (QED) is 0.685. The van der Waals surface area contributed by atoms with Crippen LogP contribution in [0.3, 0.4) is 0 Å². The van der Waals surface area contributed by atoms with Crippen molar-refractivity contribution in [2.75, 3.05) is 36.0 Å². The number of aliphatic hydroxyl groups excluding tert-OH is 1. The highest BCUT2D eigenvalue weighted by Gasteiger charge is 2.41. The third kappa shape index (κ3) is 3.27. The number of halogens is 1. The van der Waals surface area contributed by atoms with E-state index < -0.39 is 5.82 Å². The first kappa shape index (κ1) is 21.0. The number of anilines is 2. The number of allylic oxidation sites excluding steroid dienone is 1. The predicted octanol–water partition coefficient (Wildman–Crippen LogP) is 4.21. The lowest BCUT2D eigenvalue weighted by Crippen LogP contribution is -2.46. The third-order valence-electron chi connectivity index (χ3n) is 6.23. The van der Waals surface area contributed by atoms with Crippen molar-refractivity contribution in [3.63, 3.8) is 0 Å². The maximum atomic E-state index is 15.2. The number of hydrogen-bond donors (Lipinski definition) is 1. The average molecular weight is 458 g/mol. The molecule has 9 heteroatoms. The Kier molecular flexibility index (Phi) is 4.98. The number of aryl methyl sites for hydroxylation is 1. The molecule has 1 N–H and O–H groups in total. The highest BCUT2D eigenvalue weighted by molar-refractivity contribution is 8.05. The zero-order valence-electron chi connectivity index (χ0n) is 18.0. The molecule has 0 amide bonds. The molecule has 0 radical (unpaired) electrons. The van der Waals surface area contributed by atoms with Crippen LogP contribution < -0.4 is 15.6 Å². The van der Waals surface area contributed by atoms with Gasteiger partial charge in [0.25, 0.3) is 0 Å². The molecule has 2 fully saturated rings. The van der Waals surface area contributed by atoms with Crippen LogP contribution in [0.2, 0.25) is 0 Å². The molecule has 4 heterocycles. The Morgan fingerprint density at radius 1 is 1.25 bits per heavy atom. The molecule has 0 bridgehead atoms. The second-order valence-corrected chi connectivity index (χ2v) is 9.51. The first-order valence-electron chi connectivity index (χ1n) is 10.4. The predicted molar refractivity (Wildman–Crippen MR) is 123 cm³/mol. The standard InChI is InChI=1S/C23H24FN3O4S/c1-12-16-9-17(24)19(10-18(16)27-15(4)32-22(27)21(12)13(2)28)26-7-5-25(6-8-26)11-20-14(3)30-23(29)31-20/h9-10,15,28H,1-2,5-8,11H2,3-4H3. The largest absolute Gasteiger partial charge is 0.519 e. The van der Waals surface area contributed by atoms with Gasteiger partial charge in [-0.15, -0.1) is 0 Å². The molecule has 0 saturated carbocycles. The molecular weight excluding hydrogens is 433 g/mol. The van der Waals surface area contributed by atoms with E-state index in [2.05, 4.69) is 29.9 Å². The lowest BCUT2D eigenvalue weighted by molar-refractivity contribution is 0.226. The summed E-state index contributed by atoms with van der Waals surface area (Å²) in [5.74, 6) is -0.0272. The Morgan fingerprint density at radius 3 is 2.56 bits per heavy atom. The summed E-state index contributed by atoms with van der Waals surface area (Å²) < 4.78 is 25.3. The van der Waals surface area contributed by atoms with Crippen LogP contribution in [0, 0.1) is 12.7 Å². The molecule has 1 atom stereocenters. The Bertz CT molecular complexity index is 1220. The average Bonchev–Trinajstić information content (AvgIpc) is 3.05. The highest BCUT2D eigenvalue weighted by atomic mass is 32.2. The highest BCUT2D eigenvalue weighted by Crippen LogP contribution is 2.55. The molecular formula is C23H24FN3O4S. The number of rotatable bonds is 4. The Balaban J connectivity index is 1.38. The topological polar surface area (TPSA) is 73.3 Å². The van der Waals surface area contributed by atoms with Gasteiger partial charge in [0, 0.05) is 31.7 Å². The lowest BCUT2D eigenvalue weighted by Gasteiger charge is -2.48. The molecule has 168 valence electrons. The van der Waals surface area contributed by atoms with Gasteiger partial charge < -0.3 is 23.7 Å². The minimum Gasteiger partial charge on any atom is -0.508 e. The molecule has 3 aliphatic heterocycles. The van der Waals surface area contributed by atoms with Gasteiger partial charge >= 0.3 is 5.82 Å². The molecule has 2 saturated heterocycles. The minimum absolute atomic E-state index is 0.0515. The first-order chi connectivity index (χ1) is 15.2. The molecule has 1 aromatic carbocycles. The van der Waals surface area contributed by atoms with Crippen LogP contribution in [0.4, 0.5) is 15.8 Å². The van der Waals surface area contributed by atoms with E-state index in [-0.39, 0.29) is 17.0 Å². The van der Waals surface area contributed by atoms with Gasteiger partial charge in [-0.2, -0.15) is 0 Å². The zero-order chi connectivity index (χ0) is 22.7. The normalized spacial score (nSPS) is 20.8. The molecule has 3 aliphatic rings. The fourth-order valence-electron chi connectivity index (χ4n) is 4.54. The lowest BCUT2D eigenvalue weighted by atomic mass is 9.92. The van der Waals surface area contributed by atoms with Crippen molar-refractivity contribution in [3.8, 4) is 0 Å².